The molecule has 0 bridgehead atoms. The van der Waals surface area contributed by atoms with Crippen molar-refractivity contribution in [3.05, 3.63) is 48.4 Å². The maximum atomic E-state index is 12.6. The lowest BCUT2D eigenvalue weighted by molar-refractivity contribution is 0.0492. The Hall–Kier alpha value is -3.44. The quantitative estimate of drug-likeness (QED) is 0.146. The number of nitrogens with zero attached hydrogens (tertiary/aromatic N) is 2. The molecule has 208 valence electrons. The number of methoxy groups -OCH3 is 1. The average Bonchev–Trinajstić information content (AvgIpc) is 3.23. The molecule has 0 spiro atoms. The van der Waals surface area contributed by atoms with Gasteiger partial charge in [-0.2, -0.15) is 0 Å². The van der Waals surface area contributed by atoms with Gasteiger partial charge in [-0.3, -0.25) is 10.1 Å². The summed E-state index contributed by atoms with van der Waals surface area (Å²) in [5.41, 5.74) is 1.15. The summed E-state index contributed by atoms with van der Waals surface area (Å²) >= 11 is 0. The molecule has 0 saturated carbocycles. The molecule has 1 aromatic carbocycles. The summed E-state index contributed by atoms with van der Waals surface area (Å²) in [7, 11) is -0.0233. The summed E-state index contributed by atoms with van der Waals surface area (Å²) in [4.78, 5) is 40.9. The first-order valence-electron chi connectivity index (χ1n) is 12.5. The molecule has 2 amide bonds. The van der Waals surface area contributed by atoms with Gasteiger partial charge < -0.3 is 24.1 Å². The largest absolute Gasteiger partial charge is 0.453 e. The van der Waals surface area contributed by atoms with Crippen molar-refractivity contribution >= 4 is 32.2 Å². The van der Waals surface area contributed by atoms with Gasteiger partial charge in [-0.25, -0.2) is 14.6 Å². The number of imidazole rings is 1. The number of hydrogen-bond acceptors (Lipinski definition) is 7. The fraction of sp³-hybridized carbons (Fsp3) is 0.481. The third kappa shape index (κ3) is 9.79. The van der Waals surface area contributed by atoms with Crippen molar-refractivity contribution in [2.24, 2.45) is 0 Å². The number of ether oxygens (including phenoxy) is 3. The van der Waals surface area contributed by atoms with E-state index in [4.69, 9.17) is 14.5 Å². The van der Waals surface area contributed by atoms with Gasteiger partial charge in [0, 0.05) is 37.7 Å². The van der Waals surface area contributed by atoms with Gasteiger partial charge in [-0.05, 0) is 51.4 Å². The van der Waals surface area contributed by atoms with Crippen LogP contribution >= 0.6 is 0 Å². The molecule has 10 nitrogen and oxygen atoms in total. The molecule has 0 saturated heterocycles. The van der Waals surface area contributed by atoms with Crippen LogP contribution < -0.4 is 10.6 Å². The molecule has 0 aliphatic rings. The molecule has 38 heavy (non-hydrogen) atoms. The lowest BCUT2D eigenvalue weighted by atomic mass is 10.1. The van der Waals surface area contributed by atoms with Crippen LogP contribution in [-0.4, -0.2) is 55.4 Å². The van der Waals surface area contributed by atoms with Crippen LogP contribution in [0.25, 0.3) is 11.3 Å². The number of aldehydes is 1. The zero-order valence-electron chi connectivity index (χ0n) is 23.4. The first-order valence-corrected chi connectivity index (χ1v) is 16.2. The molecule has 0 fully saturated rings. The maximum absolute atomic E-state index is 12.6. The highest BCUT2D eigenvalue weighted by Gasteiger charge is 2.25. The lowest BCUT2D eigenvalue weighted by Crippen LogP contribution is -2.36. The molecular weight excluding hydrogens is 504 g/mol. The van der Waals surface area contributed by atoms with E-state index in [1.165, 1.54) is 7.11 Å². The van der Waals surface area contributed by atoms with Crippen LogP contribution in [0, 0.1) is 0 Å². The normalized spacial score (nSPS) is 12.4. The molecule has 2 rings (SSSR count). The zero-order chi connectivity index (χ0) is 28.5. The van der Waals surface area contributed by atoms with Crippen molar-refractivity contribution in [2.75, 3.05) is 19.0 Å². The van der Waals surface area contributed by atoms with Gasteiger partial charge in [-0.1, -0.05) is 25.7 Å². The first kappa shape index (κ1) is 30.8. The van der Waals surface area contributed by atoms with Crippen molar-refractivity contribution in [2.45, 2.75) is 71.3 Å². The van der Waals surface area contributed by atoms with Crippen LogP contribution in [-0.2, 0) is 20.9 Å². The van der Waals surface area contributed by atoms with Gasteiger partial charge in [0.15, 0.2) is 6.29 Å². The minimum Gasteiger partial charge on any atom is -0.453 e. The second-order valence-corrected chi connectivity index (χ2v) is 16.7. The lowest BCUT2D eigenvalue weighted by Gasteiger charge is -2.23. The van der Waals surface area contributed by atoms with E-state index in [1.54, 1.807) is 51.2 Å². The molecule has 1 heterocycles. The highest BCUT2D eigenvalue weighted by Crippen LogP contribution is 2.28. The number of carbonyl (C=O) groups excluding carboxylic acids is 3. The molecule has 2 N–H and O–H groups in total. The zero-order valence-corrected chi connectivity index (χ0v) is 24.4. The van der Waals surface area contributed by atoms with Crippen molar-refractivity contribution in [3.63, 3.8) is 0 Å². The van der Waals surface area contributed by atoms with Gasteiger partial charge in [0.2, 0.25) is 0 Å². The van der Waals surface area contributed by atoms with E-state index in [9.17, 15) is 14.4 Å². The van der Waals surface area contributed by atoms with Crippen molar-refractivity contribution in [1.29, 1.82) is 0 Å². The fourth-order valence-corrected chi connectivity index (χ4v) is 4.22. The number of benzene rings is 1. The summed E-state index contributed by atoms with van der Waals surface area (Å²) < 4.78 is 17.9. The van der Waals surface area contributed by atoms with Crippen LogP contribution in [0.2, 0.25) is 25.7 Å². The SMILES string of the molecule is C=CC[C@H](NC(=O)OC(C)(C)C)c1nc(-c2ccc(NC(=O)OC)cc2C=O)cn1COCC[Si](C)(C)C. The summed E-state index contributed by atoms with van der Waals surface area (Å²) in [6.45, 7) is 16.9. The van der Waals surface area contributed by atoms with Crippen molar-refractivity contribution in [3.8, 4) is 11.3 Å². The number of amides is 2. The molecule has 0 radical (unpaired) electrons. The summed E-state index contributed by atoms with van der Waals surface area (Å²) in [6, 6.07) is 5.35. The minimum absolute atomic E-state index is 0.217. The summed E-state index contributed by atoms with van der Waals surface area (Å²) in [5.74, 6) is 0.535. The van der Waals surface area contributed by atoms with Crippen LogP contribution in [0.3, 0.4) is 0 Å². The second-order valence-electron chi connectivity index (χ2n) is 11.1. The third-order valence-corrected chi connectivity index (χ3v) is 7.03. The number of aromatic nitrogens is 2. The standard InChI is InChI=1S/C27H40N4O6Si/c1-9-10-22(30-26(34)37-27(2,3)4)24-29-23(16-31(24)18-36-13-14-38(6,7)8)21-12-11-20(15-19(21)17-32)28-25(33)35-5/h9,11-12,15-17,22H,1,10,13-14,18H2,2-8H3,(H,28,33)(H,30,34)/t22-/m0/s1. The Morgan fingerprint density at radius 1 is 1.21 bits per heavy atom. The van der Waals surface area contributed by atoms with Crippen LogP contribution in [0.4, 0.5) is 15.3 Å². The first-order chi connectivity index (χ1) is 17.8. The maximum Gasteiger partial charge on any atom is 0.411 e. The van der Waals surface area contributed by atoms with E-state index in [-0.39, 0.29) is 6.73 Å². The van der Waals surface area contributed by atoms with E-state index < -0.39 is 31.9 Å². The number of anilines is 1. The molecule has 0 aliphatic carbocycles. The number of nitrogens with one attached hydrogen (secondary N) is 2. The molecule has 1 aromatic heterocycles. The Morgan fingerprint density at radius 2 is 1.92 bits per heavy atom. The van der Waals surface area contributed by atoms with Crippen LogP contribution in [0.1, 0.15) is 49.4 Å². The Kier molecular flexibility index (Phi) is 10.8. The Bertz CT molecular complexity index is 1130. The van der Waals surface area contributed by atoms with Crippen LogP contribution in [0.15, 0.2) is 37.1 Å². The number of alkyl carbamates (subject to hydrolysis) is 1. The van der Waals surface area contributed by atoms with E-state index >= 15 is 0 Å². The number of carbonyl (C=O) groups is 3. The predicted molar refractivity (Wildman–Crippen MR) is 150 cm³/mol. The van der Waals surface area contributed by atoms with Gasteiger partial charge >= 0.3 is 12.2 Å². The molecule has 2 aromatic rings. The second kappa shape index (κ2) is 13.4. The molecule has 0 unspecified atom stereocenters. The molecular formula is C27H40N4O6Si. The fourth-order valence-electron chi connectivity index (χ4n) is 3.47. The topological polar surface area (TPSA) is 121 Å². The van der Waals surface area contributed by atoms with Crippen molar-refractivity contribution < 1.29 is 28.6 Å². The third-order valence-electron chi connectivity index (χ3n) is 5.33. The Morgan fingerprint density at radius 3 is 2.50 bits per heavy atom. The van der Waals surface area contributed by atoms with E-state index in [0.717, 1.165) is 6.04 Å². The average molecular weight is 545 g/mol. The minimum atomic E-state index is -1.28. The van der Waals surface area contributed by atoms with Crippen LogP contribution in [0.5, 0.6) is 0 Å². The van der Waals surface area contributed by atoms with Gasteiger partial charge in [0.1, 0.15) is 18.2 Å². The van der Waals surface area contributed by atoms with E-state index in [0.29, 0.717) is 47.6 Å². The molecule has 1 atom stereocenters. The van der Waals surface area contributed by atoms with E-state index in [1.807, 2.05) is 4.57 Å². The van der Waals surface area contributed by atoms with Gasteiger partial charge in [0.25, 0.3) is 0 Å². The Labute approximate surface area is 225 Å². The monoisotopic (exact) mass is 544 g/mol. The number of hydrogen-bond donors (Lipinski definition) is 2. The van der Waals surface area contributed by atoms with E-state index in [2.05, 4.69) is 41.6 Å². The predicted octanol–water partition coefficient (Wildman–Crippen LogP) is 6.00. The summed E-state index contributed by atoms with van der Waals surface area (Å²) in [6.07, 6.45) is 3.35. The highest BCUT2D eigenvalue weighted by atomic mass is 28.3. The summed E-state index contributed by atoms with van der Waals surface area (Å²) in [5, 5.41) is 5.43. The Balaban J connectivity index is 2.46. The van der Waals surface area contributed by atoms with Gasteiger partial charge in [-0.15, -0.1) is 6.58 Å². The molecule has 11 heteroatoms. The smallest absolute Gasteiger partial charge is 0.411 e. The number of rotatable bonds is 12. The van der Waals surface area contributed by atoms with Gasteiger partial charge in [0.05, 0.1) is 18.8 Å². The molecule has 0 aliphatic heterocycles. The van der Waals surface area contributed by atoms with Crippen molar-refractivity contribution in [1.82, 2.24) is 14.9 Å². The highest BCUT2D eigenvalue weighted by molar-refractivity contribution is 6.76.